The Morgan fingerprint density at radius 2 is 1.50 bits per heavy atom. The minimum absolute atomic E-state index is 0.343. The Hall–Kier alpha value is -2.42. The van der Waals surface area contributed by atoms with E-state index >= 15 is 0 Å². The van der Waals surface area contributed by atoms with Crippen LogP contribution in [0.1, 0.15) is 5.56 Å². The first kappa shape index (κ1) is 12.0. The van der Waals surface area contributed by atoms with E-state index in [1.54, 1.807) is 0 Å². The van der Waals surface area contributed by atoms with Crippen molar-refractivity contribution in [2.45, 2.75) is 6.54 Å². The molecule has 0 aromatic heterocycles. The van der Waals surface area contributed by atoms with E-state index in [2.05, 4.69) is 0 Å². The van der Waals surface area contributed by atoms with Crippen molar-refractivity contribution in [2.24, 2.45) is 0 Å². The fraction of sp³-hybridized carbons (Fsp3) is 0.0667. The van der Waals surface area contributed by atoms with Crippen LogP contribution < -0.4 is 4.90 Å². The summed E-state index contributed by atoms with van der Waals surface area (Å²) in [6, 6.07) is 18.7. The molecular formula is C15H13NO2. The fourth-order valence-electron chi connectivity index (χ4n) is 1.73. The van der Waals surface area contributed by atoms with E-state index in [0.717, 1.165) is 11.3 Å². The maximum Gasteiger partial charge on any atom is 0.291 e. The van der Waals surface area contributed by atoms with Gasteiger partial charge in [0.1, 0.15) is 0 Å². The SMILES string of the molecule is O=CC(=O)N(Cc1ccccc1)c1ccccc1. The van der Waals surface area contributed by atoms with Crippen molar-refractivity contribution < 1.29 is 9.59 Å². The summed E-state index contributed by atoms with van der Waals surface area (Å²) in [6.07, 6.45) is 0.343. The number of benzene rings is 2. The summed E-state index contributed by atoms with van der Waals surface area (Å²) < 4.78 is 0. The molecule has 0 radical (unpaired) electrons. The summed E-state index contributed by atoms with van der Waals surface area (Å²) in [5.74, 6) is -0.537. The van der Waals surface area contributed by atoms with Crippen LogP contribution in [0.25, 0.3) is 0 Å². The maximum atomic E-state index is 11.7. The number of aldehydes is 1. The molecule has 0 bridgehead atoms. The van der Waals surface area contributed by atoms with Crippen LogP contribution >= 0.6 is 0 Å². The van der Waals surface area contributed by atoms with Gasteiger partial charge < -0.3 is 4.90 Å². The molecule has 2 aromatic carbocycles. The number of carbonyl (C=O) groups is 2. The summed E-state index contributed by atoms with van der Waals surface area (Å²) in [7, 11) is 0. The van der Waals surface area contributed by atoms with Crippen molar-refractivity contribution in [3.8, 4) is 0 Å². The predicted molar refractivity (Wildman–Crippen MR) is 70.1 cm³/mol. The zero-order valence-electron chi connectivity index (χ0n) is 9.82. The van der Waals surface area contributed by atoms with Gasteiger partial charge in [-0.1, -0.05) is 48.5 Å². The summed E-state index contributed by atoms with van der Waals surface area (Å²) >= 11 is 0. The van der Waals surface area contributed by atoms with Crippen LogP contribution in [0.15, 0.2) is 60.7 Å². The second kappa shape index (κ2) is 5.77. The lowest BCUT2D eigenvalue weighted by Gasteiger charge is -2.20. The number of anilines is 1. The molecule has 90 valence electrons. The molecule has 18 heavy (non-hydrogen) atoms. The van der Waals surface area contributed by atoms with E-state index in [1.165, 1.54) is 4.90 Å². The fourth-order valence-corrected chi connectivity index (χ4v) is 1.73. The second-order valence-electron chi connectivity index (χ2n) is 3.86. The van der Waals surface area contributed by atoms with E-state index in [4.69, 9.17) is 0 Å². The van der Waals surface area contributed by atoms with Gasteiger partial charge in [0.25, 0.3) is 5.91 Å². The van der Waals surface area contributed by atoms with E-state index in [9.17, 15) is 9.59 Å². The Bertz CT molecular complexity index is 523. The highest BCUT2D eigenvalue weighted by atomic mass is 16.2. The topological polar surface area (TPSA) is 37.4 Å². The Balaban J connectivity index is 2.27. The first-order valence-electron chi connectivity index (χ1n) is 5.67. The number of hydrogen-bond acceptors (Lipinski definition) is 2. The van der Waals surface area contributed by atoms with Gasteiger partial charge in [-0.25, -0.2) is 0 Å². The van der Waals surface area contributed by atoms with Crippen LogP contribution in [-0.4, -0.2) is 12.2 Å². The average molecular weight is 239 g/mol. The standard InChI is InChI=1S/C15H13NO2/c17-12-15(18)16(14-9-5-2-6-10-14)11-13-7-3-1-4-8-13/h1-10,12H,11H2. The highest BCUT2D eigenvalue weighted by Crippen LogP contribution is 2.16. The van der Waals surface area contributed by atoms with E-state index in [0.29, 0.717) is 12.8 Å². The first-order chi connectivity index (χ1) is 8.81. The van der Waals surface area contributed by atoms with E-state index < -0.39 is 5.91 Å². The molecule has 0 atom stereocenters. The third-order valence-electron chi connectivity index (χ3n) is 2.62. The van der Waals surface area contributed by atoms with Crippen molar-refractivity contribution in [1.29, 1.82) is 0 Å². The molecule has 2 aromatic rings. The number of carbonyl (C=O) groups excluding carboxylic acids is 2. The van der Waals surface area contributed by atoms with Gasteiger partial charge >= 0.3 is 0 Å². The van der Waals surface area contributed by atoms with Gasteiger partial charge in [-0.3, -0.25) is 9.59 Å². The van der Waals surface area contributed by atoms with Gasteiger partial charge in [-0.15, -0.1) is 0 Å². The van der Waals surface area contributed by atoms with Gasteiger partial charge in [0.05, 0.1) is 6.54 Å². The summed E-state index contributed by atoms with van der Waals surface area (Å²) in [4.78, 5) is 23.9. The lowest BCUT2D eigenvalue weighted by atomic mass is 10.2. The van der Waals surface area contributed by atoms with Crippen LogP contribution in [0.4, 0.5) is 5.69 Å². The van der Waals surface area contributed by atoms with Gasteiger partial charge in [0, 0.05) is 5.69 Å². The third-order valence-corrected chi connectivity index (χ3v) is 2.62. The van der Waals surface area contributed by atoms with Crippen LogP contribution in [0.3, 0.4) is 0 Å². The van der Waals surface area contributed by atoms with Gasteiger partial charge in [0.2, 0.25) is 6.29 Å². The van der Waals surface area contributed by atoms with Crippen molar-refractivity contribution in [3.63, 3.8) is 0 Å². The van der Waals surface area contributed by atoms with Gasteiger partial charge in [0.15, 0.2) is 0 Å². The molecule has 0 heterocycles. The normalized spacial score (nSPS) is 9.78. The predicted octanol–water partition coefficient (Wildman–Crippen LogP) is 2.42. The Labute approximate surface area is 106 Å². The highest BCUT2D eigenvalue weighted by Gasteiger charge is 2.14. The minimum Gasteiger partial charge on any atom is -0.302 e. The largest absolute Gasteiger partial charge is 0.302 e. The molecule has 0 aliphatic carbocycles. The van der Waals surface area contributed by atoms with Crippen molar-refractivity contribution in [3.05, 3.63) is 66.2 Å². The number of para-hydroxylation sites is 1. The zero-order valence-corrected chi connectivity index (χ0v) is 9.82. The van der Waals surface area contributed by atoms with Crippen LogP contribution in [0, 0.1) is 0 Å². The molecule has 0 fully saturated rings. The monoisotopic (exact) mass is 239 g/mol. The number of hydrogen-bond donors (Lipinski definition) is 0. The smallest absolute Gasteiger partial charge is 0.291 e. The number of amides is 1. The van der Waals surface area contributed by atoms with Crippen LogP contribution in [-0.2, 0) is 16.1 Å². The molecular weight excluding hydrogens is 226 g/mol. The Kier molecular flexibility index (Phi) is 3.86. The highest BCUT2D eigenvalue weighted by molar-refractivity contribution is 6.30. The van der Waals surface area contributed by atoms with Crippen molar-refractivity contribution in [1.82, 2.24) is 0 Å². The Morgan fingerprint density at radius 3 is 2.06 bits per heavy atom. The molecule has 3 nitrogen and oxygen atoms in total. The quantitative estimate of drug-likeness (QED) is 0.607. The first-order valence-corrected chi connectivity index (χ1v) is 5.67. The molecule has 0 unspecified atom stereocenters. The van der Waals surface area contributed by atoms with E-state index in [1.807, 2.05) is 60.7 Å². The number of rotatable bonds is 4. The van der Waals surface area contributed by atoms with Gasteiger partial charge in [-0.05, 0) is 17.7 Å². The summed E-state index contributed by atoms with van der Waals surface area (Å²) in [6.45, 7) is 0.391. The molecule has 0 saturated carbocycles. The lowest BCUT2D eigenvalue weighted by molar-refractivity contribution is -0.129. The molecule has 3 heteroatoms. The third kappa shape index (κ3) is 2.83. The van der Waals surface area contributed by atoms with Crippen LogP contribution in [0.2, 0.25) is 0 Å². The average Bonchev–Trinajstić information content (AvgIpc) is 2.46. The summed E-state index contributed by atoms with van der Waals surface area (Å²) in [5, 5.41) is 0. The zero-order chi connectivity index (χ0) is 12.8. The number of nitrogens with zero attached hydrogens (tertiary/aromatic N) is 1. The maximum absolute atomic E-state index is 11.7. The molecule has 0 aliphatic heterocycles. The molecule has 2 rings (SSSR count). The van der Waals surface area contributed by atoms with Crippen LogP contribution in [0.5, 0.6) is 0 Å². The van der Waals surface area contributed by atoms with Crippen molar-refractivity contribution in [2.75, 3.05) is 4.90 Å². The molecule has 0 saturated heterocycles. The molecule has 1 amide bonds. The molecule has 0 spiro atoms. The Morgan fingerprint density at radius 1 is 0.944 bits per heavy atom. The molecule has 0 aliphatic rings. The second-order valence-corrected chi connectivity index (χ2v) is 3.86. The molecule has 0 N–H and O–H groups in total. The van der Waals surface area contributed by atoms with E-state index in [-0.39, 0.29) is 0 Å². The van der Waals surface area contributed by atoms with Gasteiger partial charge in [-0.2, -0.15) is 0 Å². The summed E-state index contributed by atoms with van der Waals surface area (Å²) in [5.41, 5.74) is 1.70. The lowest BCUT2D eigenvalue weighted by Crippen LogP contribution is -2.31. The van der Waals surface area contributed by atoms with Crippen molar-refractivity contribution >= 4 is 17.9 Å². The minimum atomic E-state index is -0.537.